The largest absolute Gasteiger partial charge is 0.342 e. The number of hydrogen-bond donors (Lipinski definition) is 2. The zero-order valence-electron chi connectivity index (χ0n) is 18.3. The van der Waals surface area contributed by atoms with Crippen molar-refractivity contribution in [2.24, 2.45) is 0 Å². The molecule has 0 saturated carbocycles. The highest BCUT2D eigenvalue weighted by molar-refractivity contribution is 7.98. The molecule has 1 aliphatic rings. The lowest BCUT2D eigenvalue weighted by atomic mass is 9.88. The molecule has 166 valence electrons. The maximum atomic E-state index is 13.1. The summed E-state index contributed by atoms with van der Waals surface area (Å²) in [5.41, 5.74) is 3.67. The van der Waals surface area contributed by atoms with Gasteiger partial charge >= 0.3 is 0 Å². The van der Waals surface area contributed by atoms with Crippen LogP contribution >= 0.6 is 23.4 Å². The van der Waals surface area contributed by atoms with Gasteiger partial charge in [-0.15, -0.1) is 0 Å². The average molecular weight is 469 g/mol. The van der Waals surface area contributed by atoms with Gasteiger partial charge in [-0.1, -0.05) is 23.1 Å². The van der Waals surface area contributed by atoms with Crippen LogP contribution in [0.25, 0.3) is 11.0 Å². The van der Waals surface area contributed by atoms with Crippen LogP contribution in [0.3, 0.4) is 0 Å². The average Bonchev–Trinajstić information content (AvgIpc) is 3.45. The van der Waals surface area contributed by atoms with E-state index in [-0.39, 0.29) is 17.9 Å². The lowest BCUT2D eigenvalue weighted by molar-refractivity contribution is 0.0793. The zero-order chi connectivity index (χ0) is 22.7. The third-order valence-corrected chi connectivity index (χ3v) is 6.70. The summed E-state index contributed by atoms with van der Waals surface area (Å²) in [6.07, 6.45) is 4.88. The molecule has 2 heterocycles. The van der Waals surface area contributed by atoms with E-state index >= 15 is 0 Å². The highest BCUT2D eigenvalue weighted by atomic mass is 35.5. The summed E-state index contributed by atoms with van der Waals surface area (Å²) in [7, 11) is 1.88. The minimum absolute atomic E-state index is 0.0470. The number of benzene rings is 2. The van der Waals surface area contributed by atoms with Gasteiger partial charge in [0.25, 0.3) is 11.8 Å². The molecule has 1 aromatic heterocycles. The SMILES string of the molecule is Bc1cc(C(=O)N[C@@H](CCSC)c2nc3cc(Cl)ccc3[nH]2)ccc1C(=O)N1CCCC1. The van der Waals surface area contributed by atoms with Gasteiger partial charge < -0.3 is 15.2 Å². The predicted octanol–water partition coefficient (Wildman–Crippen LogP) is 2.93. The van der Waals surface area contributed by atoms with E-state index in [0.717, 1.165) is 54.6 Å². The van der Waals surface area contributed by atoms with Crippen molar-refractivity contribution in [1.29, 1.82) is 0 Å². The molecule has 9 heteroatoms. The molecule has 0 radical (unpaired) electrons. The molecule has 0 bridgehead atoms. The first kappa shape index (κ1) is 22.7. The van der Waals surface area contributed by atoms with Gasteiger partial charge in [-0.05, 0) is 61.6 Å². The Morgan fingerprint density at radius 1 is 1.25 bits per heavy atom. The first-order valence-corrected chi connectivity index (χ1v) is 12.6. The van der Waals surface area contributed by atoms with Gasteiger partial charge in [-0.3, -0.25) is 9.59 Å². The molecule has 32 heavy (non-hydrogen) atoms. The maximum absolute atomic E-state index is 13.1. The third-order valence-electron chi connectivity index (χ3n) is 5.82. The van der Waals surface area contributed by atoms with E-state index in [0.29, 0.717) is 22.0 Å². The topological polar surface area (TPSA) is 78.1 Å². The molecule has 3 aromatic rings. The highest BCUT2D eigenvalue weighted by Crippen LogP contribution is 2.23. The summed E-state index contributed by atoms with van der Waals surface area (Å²) in [6.45, 7) is 1.61. The lowest BCUT2D eigenvalue weighted by Crippen LogP contribution is -2.33. The van der Waals surface area contributed by atoms with Crippen LogP contribution < -0.4 is 10.8 Å². The van der Waals surface area contributed by atoms with Crippen molar-refractivity contribution in [3.05, 3.63) is 58.4 Å². The van der Waals surface area contributed by atoms with Crippen molar-refractivity contribution in [3.8, 4) is 0 Å². The molecule has 1 fully saturated rings. The van der Waals surface area contributed by atoms with Crippen LogP contribution in [0.4, 0.5) is 0 Å². The number of thioether (sulfide) groups is 1. The van der Waals surface area contributed by atoms with E-state index in [4.69, 9.17) is 11.6 Å². The summed E-state index contributed by atoms with van der Waals surface area (Å²) in [5.74, 6) is 1.45. The van der Waals surface area contributed by atoms with Gasteiger partial charge in [0.05, 0.1) is 17.1 Å². The minimum atomic E-state index is -0.257. The third kappa shape index (κ3) is 4.97. The van der Waals surface area contributed by atoms with Gasteiger partial charge in [0.2, 0.25) is 0 Å². The van der Waals surface area contributed by atoms with Crippen LogP contribution in [0.1, 0.15) is 51.8 Å². The molecule has 2 aromatic carbocycles. The number of hydrogen-bond acceptors (Lipinski definition) is 4. The quantitative estimate of drug-likeness (QED) is 0.523. The first-order chi connectivity index (χ1) is 15.5. The Morgan fingerprint density at radius 2 is 2.03 bits per heavy atom. The number of amides is 2. The van der Waals surface area contributed by atoms with Crippen molar-refractivity contribution in [3.63, 3.8) is 0 Å². The number of nitrogens with one attached hydrogen (secondary N) is 2. The van der Waals surface area contributed by atoms with Crippen molar-refractivity contribution in [2.75, 3.05) is 25.1 Å². The molecule has 1 aliphatic heterocycles. The number of likely N-dealkylation sites (tertiary alicyclic amines) is 1. The molecule has 0 spiro atoms. The summed E-state index contributed by atoms with van der Waals surface area (Å²) < 4.78 is 0. The molecule has 2 N–H and O–H groups in total. The standard InChI is InChI=1S/C23H26BClN4O2S/c1-32-11-8-19(21-26-18-7-5-15(25)13-20(18)27-21)28-22(30)14-4-6-16(17(24)12-14)23(31)29-9-2-3-10-29/h4-7,12-13,19H,2-3,8-11,24H2,1H3,(H,26,27)(H,28,30)/t19-/m0/s1. The number of imidazole rings is 1. The maximum Gasteiger partial charge on any atom is 0.253 e. The Morgan fingerprint density at radius 3 is 2.75 bits per heavy atom. The van der Waals surface area contributed by atoms with Gasteiger partial charge in [-0.25, -0.2) is 4.98 Å². The van der Waals surface area contributed by atoms with Gasteiger partial charge in [0.15, 0.2) is 0 Å². The molecule has 0 aliphatic carbocycles. The number of rotatable bonds is 7. The predicted molar refractivity (Wildman–Crippen MR) is 134 cm³/mol. The van der Waals surface area contributed by atoms with Crippen molar-refractivity contribution >= 4 is 59.5 Å². The monoisotopic (exact) mass is 468 g/mol. The van der Waals surface area contributed by atoms with Crippen LogP contribution in [-0.4, -0.2) is 59.6 Å². The van der Waals surface area contributed by atoms with E-state index in [1.165, 1.54) is 0 Å². The minimum Gasteiger partial charge on any atom is -0.342 e. The van der Waals surface area contributed by atoms with Crippen LogP contribution in [0.2, 0.25) is 5.02 Å². The van der Waals surface area contributed by atoms with Crippen molar-refractivity contribution < 1.29 is 9.59 Å². The van der Waals surface area contributed by atoms with Crippen LogP contribution in [0.15, 0.2) is 36.4 Å². The number of fused-ring (bicyclic) bond motifs is 1. The Kier molecular flexibility index (Phi) is 7.11. The van der Waals surface area contributed by atoms with E-state index < -0.39 is 0 Å². The number of halogens is 1. The first-order valence-electron chi connectivity index (χ1n) is 10.8. The van der Waals surface area contributed by atoms with E-state index in [1.807, 2.05) is 37.2 Å². The zero-order valence-corrected chi connectivity index (χ0v) is 19.9. The molecule has 2 amide bonds. The molecule has 1 atom stereocenters. The number of aromatic nitrogens is 2. The molecular formula is C23H26BClN4O2S. The van der Waals surface area contributed by atoms with Crippen LogP contribution in [0.5, 0.6) is 0 Å². The smallest absolute Gasteiger partial charge is 0.253 e. The Labute approximate surface area is 197 Å². The van der Waals surface area contributed by atoms with Crippen molar-refractivity contribution in [1.82, 2.24) is 20.2 Å². The molecule has 1 saturated heterocycles. The second kappa shape index (κ2) is 10.0. The molecular weight excluding hydrogens is 443 g/mol. The van der Waals surface area contributed by atoms with Gasteiger partial charge in [0.1, 0.15) is 13.7 Å². The fraction of sp³-hybridized carbons (Fsp3) is 0.348. The molecule has 0 unspecified atom stereocenters. The second-order valence-corrected chi connectivity index (χ2v) is 9.54. The van der Waals surface area contributed by atoms with Crippen LogP contribution in [0, 0.1) is 0 Å². The number of nitrogens with zero attached hydrogens (tertiary/aromatic N) is 2. The highest BCUT2D eigenvalue weighted by Gasteiger charge is 2.23. The summed E-state index contributed by atoms with van der Waals surface area (Å²) in [4.78, 5) is 35.7. The van der Waals surface area contributed by atoms with Crippen LogP contribution in [-0.2, 0) is 0 Å². The number of aromatic amines is 1. The number of H-pyrrole nitrogens is 1. The fourth-order valence-corrected chi connectivity index (χ4v) is 4.69. The summed E-state index contributed by atoms with van der Waals surface area (Å²) in [6, 6.07) is 10.6. The Balaban J connectivity index is 1.53. The Bertz CT molecular complexity index is 1150. The molecule has 4 rings (SSSR count). The second-order valence-electron chi connectivity index (χ2n) is 8.12. The summed E-state index contributed by atoms with van der Waals surface area (Å²) >= 11 is 7.81. The normalized spacial score (nSPS) is 14.6. The lowest BCUT2D eigenvalue weighted by Gasteiger charge is -2.19. The van der Waals surface area contributed by atoms with Gasteiger partial charge in [-0.2, -0.15) is 11.8 Å². The number of carbonyl (C=O) groups excluding carboxylic acids is 2. The van der Waals surface area contributed by atoms with E-state index in [9.17, 15) is 9.59 Å². The number of carbonyl (C=O) groups is 2. The summed E-state index contributed by atoms with van der Waals surface area (Å²) in [5, 5.41) is 3.74. The van der Waals surface area contributed by atoms with E-state index in [2.05, 4.69) is 15.3 Å². The fourth-order valence-electron chi connectivity index (χ4n) is 4.05. The van der Waals surface area contributed by atoms with E-state index in [1.54, 1.807) is 30.0 Å². The molecule has 6 nitrogen and oxygen atoms in total. The van der Waals surface area contributed by atoms with Crippen molar-refractivity contribution in [2.45, 2.75) is 25.3 Å². The van der Waals surface area contributed by atoms with Gasteiger partial charge in [0, 0.05) is 29.2 Å². The Hall–Kier alpha value is -2.45.